The molecule has 4 heteroatoms. The predicted octanol–water partition coefficient (Wildman–Crippen LogP) is 2.32. The molecule has 0 aromatic heterocycles. The van der Waals surface area contributed by atoms with Crippen LogP contribution in [0.5, 0.6) is 0 Å². The molecule has 1 aromatic carbocycles. The van der Waals surface area contributed by atoms with Gasteiger partial charge in [0, 0.05) is 5.69 Å². The Kier molecular flexibility index (Phi) is 5.51. The van der Waals surface area contributed by atoms with Gasteiger partial charge in [0.1, 0.15) is 0 Å². The third-order valence-electron chi connectivity index (χ3n) is 2.62. The van der Waals surface area contributed by atoms with Crippen molar-refractivity contribution in [3.05, 3.63) is 29.3 Å². The number of rotatable bonds is 5. The molecule has 0 heterocycles. The molecule has 3 N–H and O–H groups in total. The number of nitrogens with two attached hydrogens (primary N) is 1. The fraction of sp³-hybridized carbons (Fsp3) is 0.462. The van der Waals surface area contributed by atoms with Crippen LogP contribution in [-0.2, 0) is 4.79 Å². The lowest BCUT2D eigenvalue weighted by molar-refractivity contribution is -0.117. The summed E-state index contributed by atoms with van der Waals surface area (Å²) < 4.78 is 0. The lowest BCUT2D eigenvalue weighted by Gasteiger charge is -2.13. The van der Waals surface area contributed by atoms with Gasteiger partial charge in [-0.2, -0.15) is 11.8 Å². The molecular weight excluding hydrogens is 232 g/mol. The first-order valence-electron chi connectivity index (χ1n) is 5.67. The van der Waals surface area contributed by atoms with Crippen LogP contribution >= 0.6 is 11.8 Å². The topological polar surface area (TPSA) is 55.1 Å². The molecule has 94 valence electrons. The van der Waals surface area contributed by atoms with Crippen LogP contribution in [0.25, 0.3) is 0 Å². The third-order valence-corrected chi connectivity index (χ3v) is 3.26. The van der Waals surface area contributed by atoms with Gasteiger partial charge in [0.05, 0.1) is 6.04 Å². The SMILES string of the molecule is CSCC[C@H](N)C(=O)Nc1cc(C)ccc1C. The fourth-order valence-electron chi connectivity index (χ4n) is 1.47. The van der Waals surface area contributed by atoms with Crippen LogP contribution in [-0.4, -0.2) is 24.0 Å². The molecule has 1 rings (SSSR count). The predicted molar refractivity (Wildman–Crippen MR) is 75.5 cm³/mol. The summed E-state index contributed by atoms with van der Waals surface area (Å²) in [5.41, 5.74) is 8.85. The van der Waals surface area contributed by atoms with Crippen LogP contribution in [0.3, 0.4) is 0 Å². The monoisotopic (exact) mass is 252 g/mol. The van der Waals surface area contributed by atoms with Crippen LogP contribution in [0.2, 0.25) is 0 Å². The Morgan fingerprint density at radius 2 is 2.18 bits per heavy atom. The molecule has 0 bridgehead atoms. The molecule has 0 saturated heterocycles. The third kappa shape index (κ3) is 4.40. The highest BCUT2D eigenvalue weighted by atomic mass is 32.2. The van der Waals surface area contributed by atoms with Crippen LogP contribution in [0.4, 0.5) is 5.69 Å². The number of anilines is 1. The molecule has 0 fully saturated rings. The van der Waals surface area contributed by atoms with Gasteiger partial charge in [0.2, 0.25) is 5.91 Å². The summed E-state index contributed by atoms with van der Waals surface area (Å²) in [5, 5.41) is 2.89. The molecule has 0 aliphatic heterocycles. The lowest BCUT2D eigenvalue weighted by Crippen LogP contribution is -2.36. The van der Waals surface area contributed by atoms with E-state index >= 15 is 0 Å². The Morgan fingerprint density at radius 1 is 1.47 bits per heavy atom. The molecule has 1 atom stereocenters. The molecule has 3 nitrogen and oxygen atoms in total. The van der Waals surface area contributed by atoms with Crippen LogP contribution in [0, 0.1) is 13.8 Å². The zero-order chi connectivity index (χ0) is 12.8. The molecular formula is C13H20N2OS. The molecule has 0 aliphatic rings. The maximum atomic E-state index is 11.8. The number of benzene rings is 1. The number of hydrogen-bond acceptors (Lipinski definition) is 3. The summed E-state index contributed by atoms with van der Waals surface area (Å²) in [6.07, 6.45) is 2.72. The second-order valence-electron chi connectivity index (χ2n) is 4.20. The maximum absolute atomic E-state index is 11.8. The van der Waals surface area contributed by atoms with E-state index in [1.54, 1.807) is 11.8 Å². The van der Waals surface area contributed by atoms with Crippen molar-refractivity contribution >= 4 is 23.4 Å². The first-order chi connectivity index (χ1) is 8.04. The maximum Gasteiger partial charge on any atom is 0.241 e. The Bertz CT molecular complexity index is 393. The van der Waals surface area contributed by atoms with E-state index in [-0.39, 0.29) is 5.91 Å². The number of nitrogens with one attached hydrogen (secondary N) is 1. The van der Waals surface area contributed by atoms with Gasteiger partial charge < -0.3 is 11.1 Å². The van der Waals surface area contributed by atoms with E-state index in [1.807, 2.05) is 38.3 Å². The minimum atomic E-state index is -0.428. The molecule has 0 radical (unpaired) electrons. The van der Waals surface area contributed by atoms with Crippen molar-refractivity contribution in [1.29, 1.82) is 0 Å². The number of amides is 1. The summed E-state index contributed by atoms with van der Waals surface area (Å²) >= 11 is 1.70. The van der Waals surface area contributed by atoms with Gasteiger partial charge in [-0.3, -0.25) is 4.79 Å². The lowest BCUT2D eigenvalue weighted by atomic mass is 10.1. The largest absolute Gasteiger partial charge is 0.324 e. The average molecular weight is 252 g/mol. The molecule has 0 saturated carbocycles. The van der Waals surface area contributed by atoms with Crippen molar-refractivity contribution in [2.24, 2.45) is 5.73 Å². The molecule has 1 aromatic rings. The first kappa shape index (κ1) is 14.1. The minimum absolute atomic E-state index is 0.104. The van der Waals surface area contributed by atoms with E-state index in [0.29, 0.717) is 6.42 Å². The molecule has 17 heavy (non-hydrogen) atoms. The van der Waals surface area contributed by atoms with Gasteiger partial charge >= 0.3 is 0 Å². The van der Waals surface area contributed by atoms with E-state index in [4.69, 9.17) is 5.73 Å². The van der Waals surface area contributed by atoms with Crippen LogP contribution in [0.15, 0.2) is 18.2 Å². The zero-order valence-electron chi connectivity index (χ0n) is 10.6. The van der Waals surface area contributed by atoms with E-state index in [0.717, 1.165) is 22.6 Å². The first-order valence-corrected chi connectivity index (χ1v) is 7.06. The number of aryl methyl sites for hydroxylation is 2. The summed E-state index contributed by atoms with van der Waals surface area (Å²) in [5.74, 6) is 0.800. The average Bonchev–Trinajstić information content (AvgIpc) is 2.30. The highest BCUT2D eigenvalue weighted by molar-refractivity contribution is 7.98. The second kappa shape index (κ2) is 6.67. The van der Waals surface area contributed by atoms with Gasteiger partial charge in [0.15, 0.2) is 0 Å². The Morgan fingerprint density at radius 3 is 2.82 bits per heavy atom. The Hall–Kier alpha value is -1.00. The Labute approximate surface area is 107 Å². The van der Waals surface area contributed by atoms with E-state index < -0.39 is 6.04 Å². The van der Waals surface area contributed by atoms with Crippen molar-refractivity contribution in [3.8, 4) is 0 Å². The standard InChI is InChI=1S/C13H20N2OS/c1-9-4-5-10(2)12(8-9)15-13(16)11(14)6-7-17-3/h4-5,8,11H,6-7,14H2,1-3H3,(H,15,16)/t11-/m0/s1. The summed E-state index contributed by atoms with van der Waals surface area (Å²) in [4.78, 5) is 11.8. The summed E-state index contributed by atoms with van der Waals surface area (Å²) in [7, 11) is 0. The van der Waals surface area contributed by atoms with Gasteiger partial charge in [-0.15, -0.1) is 0 Å². The van der Waals surface area contributed by atoms with Crippen molar-refractivity contribution in [1.82, 2.24) is 0 Å². The molecule has 0 aliphatic carbocycles. The van der Waals surface area contributed by atoms with Crippen LogP contribution in [0.1, 0.15) is 17.5 Å². The van der Waals surface area contributed by atoms with Crippen molar-refractivity contribution in [2.75, 3.05) is 17.3 Å². The van der Waals surface area contributed by atoms with E-state index in [1.165, 1.54) is 0 Å². The van der Waals surface area contributed by atoms with Crippen molar-refractivity contribution in [3.63, 3.8) is 0 Å². The quantitative estimate of drug-likeness (QED) is 0.845. The van der Waals surface area contributed by atoms with Gasteiger partial charge in [-0.1, -0.05) is 12.1 Å². The summed E-state index contributed by atoms with van der Waals surface area (Å²) in [6.45, 7) is 3.98. The fourth-order valence-corrected chi connectivity index (χ4v) is 1.96. The number of thioether (sulfide) groups is 1. The molecule has 0 spiro atoms. The molecule has 0 unspecified atom stereocenters. The highest BCUT2D eigenvalue weighted by Crippen LogP contribution is 2.16. The second-order valence-corrected chi connectivity index (χ2v) is 5.18. The highest BCUT2D eigenvalue weighted by Gasteiger charge is 2.13. The van der Waals surface area contributed by atoms with Crippen molar-refractivity contribution in [2.45, 2.75) is 26.3 Å². The van der Waals surface area contributed by atoms with Crippen LogP contribution < -0.4 is 11.1 Å². The van der Waals surface area contributed by atoms with E-state index in [9.17, 15) is 4.79 Å². The van der Waals surface area contributed by atoms with E-state index in [2.05, 4.69) is 5.32 Å². The normalized spacial score (nSPS) is 12.2. The summed E-state index contributed by atoms with van der Waals surface area (Å²) in [6, 6.07) is 5.56. The minimum Gasteiger partial charge on any atom is -0.324 e. The Balaban J connectivity index is 2.64. The van der Waals surface area contributed by atoms with Crippen molar-refractivity contribution < 1.29 is 4.79 Å². The van der Waals surface area contributed by atoms with Gasteiger partial charge in [-0.25, -0.2) is 0 Å². The molecule has 1 amide bonds. The number of hydrogen-bond donors (Lipinski definition) is 2. The van der Waals surface area contributed by atoms with Gasteiger partial charge in [0.25, 0.3) is 0 Å². The zero-order valence-corrected chi connectivity index (χ0v) is 11.4. The smallest absolute Gasteiger partial charge is 0.241 e. The number of carbonyl (C=O) groups excluding carboxylic acids is 1. The number of carbonyl (C=O) groups is 1. The van der Waals surface area contributed by atoms with Gasteiger partial charge in [-0.05, 0) is 49.5 Å².